The van der Waals surface area contributed by atoms with Gasteiger partial charge in [-0.2, -0.15) is 13.2 Å². The summed E-state index contributed by atoms with van der Waals surface area (Å²) in [5.74, 6) is -0.229. The van der Waals surface area contributed by atoms with Gasteiger partial charge in [0.25, 0.3) is 0 Å². The van der Waals surface area contributed by atoms with Crippen LogP contribution in [0.1, 0.15) is 18.4 Å². The number of nitrogens with one attached hydrogen (secondary N) is 1. The first kappa shape index (κ1) is 20.2. The minimum Gasteiger partial charge on any atom is -0.321 e. The number of carbonyl (C=O) groups is 1. The molecule has 1 saturated heterocycles. The summed E-state index contributed by atoms with van der Waals surface area (Å²) in [6, 6.07) is 11.2. The maximum Gasteiger partial charge on any atom is 0.416 e. The Morgan fingerprint density at radius 3 is 2.50 bits per heavy atom. The normalized spacial score (nSPS) is 17.5. The first-order valence-corrected chi connectivity index (χ1v) is 10.3. The number of urea groups is 1. The van der Waals surface area contributed by atoms with E-state index < -0.39 is 33.6 Å². The van der Waals surface area contributed by atoms with Gasteiger partial charge in [-0.3, -0.25) is 0 Å². The molecule has 9 heteroatoms. The Morgan fingerprint density at radius 1 is 1.11 bits per heavy atom. The Bertz CT molecular complexity index is 946. The predicted molar refractivity (Wildman–Crippen MR) is 98.7 cm³/mol. The summed E-state index contributed by atoms with van der Waals surface area (Å²) >= 11 is 0. The van der Waals surface area contributed by atoms with Crippen LogP contribution in [0.25, 0.3) is 0 Å². The Kier molecular flexibility index (Phi) is 5.64. The van der Waals surface area contributed by atoms with Gasteiger partial charge in [0.15, 0.2) is 9.84 Å². The van der Waals surface area contributed by atoms with Gasteiger partial charge in [0.1, 0.15) is 0 Å². The van der Waals surface area contributed by atoms with Crippen LogP contribution in [-0.4, -0.2) is 37.7 Å². The van der Waals surface area contributed by atoms with Crippen molar-refractivity contribution in [1.29, 1.82) is 0 Å². The molecule has 1 aliphatic rings. The number of halogens is 3. The number of likely N-dealkylation sites (tertiary alicyclic amines) is 1. The number of benzene rings is 2. The van der Waals surface area contributed by atoms with Gasteiger partial charge in [0.05, 0.1) is 16.2 Å². The van der Waals surface area contributed by atoms with E-state index in [1.807, 2.05) is 0 Å². The molecule has 0 saturated carbocycles. The van der Waals surface area contributed by atoms with Gasteiger partial charge >= 0.3 is 12.2 Å². The summed E-state index contributed by atoms with van der Waals surface area (Å²) in [4.78, 5) is 14.1. The lowest BCUT2D eigenvalue weighted by atomic mass is 10.2. The van der Waals surface area contributed by atoms with Crippen molar-refractivity contribution >= 4 is 21.6 Å². The molecule has 0 radical (unpaired) electrons. The number of anilines is 1. The molecule has 0 bridgehead atoms. The van der Waals surface area contributed by atoms with Crippen LogP contribution < -0.4 is 5.32 Å². The highest BCUT2D eigenvalue weighted by Crippen LogP contribution is 2.31. The first-order valence-electron chi connectivity index (χ1n) is 8.69. The number of hydrogen-bond acceptors (Lipinski definition) is 3. The van der Waals surface area contributed by atoms with Crippen molar-refractivity contribution in [2.24, 2.45) is 0 Å². The van der Waals surface area contributed by atoms with Crippen LogP contribution in [0.4, 0.5) is 23.7 Å². The summed E-state index contributed by atoms with van der Waals surface area (Å²) in [7, 11) is -3.58. The number of rotatable bonds is 4. The van der Waals surface area contributed by atoms with E-state index in [0.29, 0.717) is 19.4 Å². The van der Waals surface area contributed by atoms with Crippen LogP contribution in [0.15, 0.2) is 59.5 Å². The van der Waals surface area contributed by atoms with Crippen molar-refractivity contribution in [2.75, 3.05) is 17.6 Å². The zero-order valence-corrected chi connectivity index (χ0v) is 15.6. The van der Waals surface area contributed by atoms with E-state index in [2.05, 4.69) is 5.32 Å². The van der Waals surface area contributed by atoms with Crippen LogP contribution in [0, 0.1) is 0 Å². The monoisotopic (exact) mass is 412 g/mol. The molecule has 1 N–H and O–H groups in total. The van der Waals surface area contributed by atoms with Gasteiger partial charge in [0.2, 0.25) is 0 Å². The van der Waals surface area contributed by atoms with E-state index in [9.17, 15) is 26.4 Å². The highest BCUT2D eigenvalue weighted by molar-refractivity contribution is 7.91. The Morgan fingerprint density at radius 2 is 1.82 bits per heavy atom. The molecule has 2 amide bonds. The standard InChI is InChI=1S/C19H19F3N2O3S/c20-19(21,22)14-6-4-7-15(12-14)23-18(25)24-11-5-8-16(24)13-28(26,27)17-9-2-1-3-10-17/h1-4,6-7,9-10,12,16H,5,8,11,13H2,(H,23,25). The second kappa shape index (κ2) is 7.83. The van der Waals surface area contributed by atoms with Gasteiger partial charge in [0, 0.05) is 18.3 Å². The predicted octanol–water partition coefficient (Wildman–Crippen LogP) is 4.18. The quantitative estimate of drug-likeness (QED) is 0.820. The minimum absolute atomic E-state index is 0.0105. The Labute approximate surface area is 161 Å². The smallest absolute Gasteiger partial charge is 0.321 e. The number of amides is 2. The number of hydrogen-bond donors (Lipinski definition) is 1. The van der Waals surface area contributed by atoms with Crippen LogP contribution in [-0.2, 0) is 16.0 Å². The second-order valence-corrected chi connectivity index (χ2v) is 8.63. The third kappa shape index (κ3) is 4.64. The van der Waals surface area contributed by atoms with E-state index in [-0.39, 0.29) is 16.3 Å². The molecule has 150 valence electrons. The fourth-order valence-corrected chi connectivity index (χ4v) is 4.84. The van der Waals surface area contributed by atoms with Crippen molar-refractivity contribution in [3.8, 4) is 0 Å². The van der Waals surface area contributed by atoms with Crippen LogP contribution in [0.5, 0.6) is 0 Å². The van der Waals surface area contributed by atoms with Gasteiger partial charge in [-0.15, -0.1) is 0 Å². The molecule has 5 nitrogen and oxygen atoms in total. The lowest BCUT2D eigenvalue weighted by Gasteiger charge is -2.25. The zero-order chi connectivity index (χ0) is 20.4. The SMILES string of the molecule is O=C(Nc1cccc(C(F)(F)F)c1)N1CCCC1CS(=O)(=O)c1ccccc1. The van der Waals surface area contributed by atoms with E-state index in [1.54, 1.807) is 18.2 Å². The molecule has 1 aliphatic heterocycles. The molecule has 0 aromatic heterocycles. The van der Waals surface area contributed by atoms with Gasteiger partial charge in [-0.1, -0.05) is 24.3 Å². The summed E-state index contributed by atoms with van der Waals surface area (Å²) in [6.07, 6.45) is -3.37. The zero-order valence-electron chi connectivity index (χ0n) is 14.8. The Balaban J connectivity index is 1.72. The molecule has 0 spiro atoms. The van der Waals surface area contributed by atoms with Crippen molar-refractivity contribution in [3.63, 3.8) is 0 Å². The molecule has 1 fully saturated rings. The molecule has 2 aromatic carbocycles. The highest BCUT2D eigenvalue weighted by atomic mass is 32.2. The summed E-state index contributed by atoms with van der Waals surface area (Å²) in [5, 5.41) is 2.44. The third-order valence-electron chi connectivity index (χ3n) is 4.59. The second-order valence-electron chi connectivity index (χ2n) is 6.59. The highest BCUT2D eigenvalue weighted by Gasteiger charge is 2.34. The lowest BCUT2D eigenvalue weighted by molar-refractivity contribution is -0.137. The topological polar surface area (TPSA) is 66.5 Å². The molecular formula is C19H19F3N2O3S. The molecule has 1 atom stereocenters. The summed E-state index contributed by atoms with van der Waals surface area (Å²) in [6.45, 7) is 0.347. The van der Waals surface area contributed by atoms with Crippen molar-refractivity contribution in [2.45, 2.75) is 30.0 Å². The van der Waals surface area contributed by atoms with Crippen LogP contribution in [0.3, 0.4) is 0 Å². The van der Waals surface area contributed by atoms with Crippen molar-refractivity contribution in [1.82, 2.24) is 4.90 Å². The van der Waals surface area contributed by atoms with Gasteiger partial charge in [-0.05, 0) is 43.2 Å². The van der Waals surface area contributed by atoms with E-state index in [4.69, 9.17) is 0 Å². The molecule has 28 heavy (non-hydrogen) atoms. The third-order valence-corrected chi connectivity index (χ3v) is 6.41. The average molecular weight is 412 g/mol. The molecular weight excluding hydrogens is 393 g/mol. The largest absolute Gasteiger partial charge is 0.416 e. The minimum atomic E-state index is -4.51. The molecule has 2 aromatic rings. The van der Waals surface area contributed by atoms with Gasteiger partial charge < -0.3 is 10.2 Å². The summed E-state index contributed by atoms with van der Waals surface area (Å²) in [5.41, 5.74) is -0.855. The molecule has 1 heterocycles. The van der Waals surface area contributed by atoms with E-state index >= 15 is 0 Å². The Hall–Kier alpha value is -2.55. The van der Waals surface area contributed by atoms with E-state index in [1.165, 1.54) is 29.2 Å². The maximum absolute atomic E-state index is 12.8. The van der Waals surface area contributed by atoms with E-state index in [0.717, 1.165) is 12.1 Å². The lowest BCUT2D eigenvalue weighted by Crippen LogP contribution is -2.42. The fourth-order valence-electron chi connectivity index (χ4n) is 3.22. The molecule has 1 unspecified atom stereocenters. The number of carbonyl (C=O) groups excluding carboxylic acids is 1. The molecule has 0 aliphatic carbocycles. The van der Waals surface area contributed by atoms with Crippen LogP contribution >= 0.6 is 0 Å². The molecule has 3 rings (SSSR count). The van der Waals surface area contributed by atoms with Crippen LogP contribution in [0.2, 0.25) is 0 Å². The summed E-state index contributed by atoms with van der Waals surface area (Å²) < 4.78 is 63.6. The van der Waals surface area contributed by atoms with Crippen molar-refractivity contribution < 1.29 is 26.4 Å². The number of alkyl halides is 3. The van der Waals surface area contributed by atoms with Gasteiger partial charge in [-0.25, -0.2) is 13.2 Å². The first-order chi connectivity index (χ1) is 13.2. The fraction of sp³-hybridized carbons (Fsp3) is 0.316. The maximum atomic E-state index is 12.8. The average Bonchev–Trinajstić information content (AvgIpc) is 3.09. The number of nitrogens with zero attached hydrogens (tertiary/aromatic N) is 1. The van der Waals surface area contributed by atoms with Crippen molar-refractivity contribution in [3.05, 3.63) is 60.2 Å². The number of sulfone groups is 1.